The number of anilines is 2. The van der Waals surface area contributed by atoms with Crippen molar-refractivity contribution in [2.24, 2.45) is 0 Å². The van der Waals surface area contributed by atoms with E-state index in [0.29, 0.717) is 15.8 Å². The summed E-state index contributed by atoms with van der Waals surface area (Å²) in [5, 5.41) is 3.02. The average molecular weight is 259 g/mol. The Kier molecular flexibility index (Phi) is 3.52. The van der Waals surface area contributed by atoms with Gasteiger partial charge in [-0.25, -0.2) is 4.39 Å². The van der Waals surface area contributed by atoms with E-state index >= 15 is 0 Å². The Balaban J connectivity index is 2.97. The largest absolute Gasteiger partial charge is 0.397 e. The van der Waals surface area contributed by atoms with Crippen molar-refractivity contribution >= 4 is 27.3 Å². The normalized spacial score (nSPS) is 12.2. The van der Waals surface area contributed by atoms with Crippen LogP contribution in [0.4, 0.5) is 15.8 Å². The standard InChI is InChI=1S/C10H12BrFN2/c1-3-6(2)14-10-5-8(12)7(11)4-9(10)13/h3-6,14H,1,13H2,2H3. The van der Waals surface area contributed by atoms with Crippen molar-refractivity contribution in [3.63, 3.8) is 0 Å². The van der Waals surface area contributed by atoms with Crippen LogP contribution in [0.1, 0.15) is 6.92 Å². The summed E-state index contributed by atoms with van der Waals surface area (Å²) in [4.78, 5) is 0. The molecule has 0 spiro atoms. The van der Waals surface area contributed by atoms with E-state index in [9.17, 15) is 4.39 Å². The molecule has 0 bridgehead atoms. The van der Waals surface area contributed by atoms with E-state index < -0.39 is 0 Å². The summed E-state index contributed by atoms with van der Waals surface area (Å²) >= 11 is 3.06. The molecule has 0 fully saturated rings. The SMILES string of the molecule is C=CC(C)Nc1cc(F)c(Br)cc1N. The molecule has 0 aliphatic rings. The number of halogens is 2. The van der Waals surface area contributed by atoms with E-state index in [4.69, 9.17) is 5.73 Å². The highest BCUT2D eigenvalue weighted by atomic mass is 79.9. The number of hydrogen-bond donors (Lipinski definition) is 2. The molecule has 1 rings (SSSR count). The number of nitrogen functional groups attached to an aromatic ring is 1. The zero-order valence-corrected chi connectivity index (χ0v) is 9.44. The van der Waals surface area contributed by atoms with Crippen LogP contribution in [0.2, 0.25) is 0 Å². The highest BCUT2D eigenvalue weighted by Crippen LogP contribution is 2.26. The van der Waals surface area contributed by atoms with Crippen molar-refractivity contribution in [3.8, 4) is 0 Å². The lowest BCUT2D eigenvalue weighted by Crippen LogP contribution is -2.12. The first-order valence-electron chi connectivity index (χ1n) is 4.18. The fourth-order valence-electron chi connectivity index (χ4n) is 0.991. The van der Waals surface area contributed by atoms with Crippen LogP contribution in [0.25, 0.3) is 0 Å². The lowest BCUT2D eigenvalue weighted by Gasteiger charge is -2.13. The molecule has 0 aliphatic heterocycles. The van der Waals surface area contributed by atoms with Gasteiger partial charge < -0.3 is 11.1 Å². The van der Waals surface area contributed by atoms with Gasteiger partial charge in [-0.15, -0.1) is 6.58 Å². The minimum Gasteiger partial charge on any atom is -0.397 e. The molecule has 14 heavy (non-hydrogen) atoms. The van der Waals surface area contributed by atoms with Gasteiger partial charge in [0.05, 0.1) is 15.8 Å². The molecule has 0 saturated carbocycles. The van der Waals surface area contributed by atoms with Gasteiger partial charge in [0.15, 0.2) is 0 Å². The molecule has 0 aliphatic carbocycles. The van der Waals surface area contributed by atoms with Crippen molar-refractivity contribution < 1.29 is 4.39 Å². The summed E-state index contributed by atoms with van der Waals surface area (Å²) in [5.74, 6) is -0.335. The van der Waals surface area contributed by atoms with E-state index in [0.717, 1.165) is 0 Å². The number of nitrogens with two attached hydrogens (primary N) is 1. The smallest absolute Gasteiger partial charge is 0.139 e. The van der Waals surface area contributed by atoms with Gasteiger partial charge in [0.25, 0.3) is 0 Å². The summed E-state index contributed by atoms with van der Waals surface area (Å²) in [7, 11) is 0. The molecule has 0 amide bonds. The number of hydrogen-bond acceptors (Lipinski definition) is 2. The fraction of sp³-hybridized carbons (Fsp3) is 0.200. The summed E-state index contributed by atoms with van der Waals surface area (Å²) in [6.07, 6.45) is 1.72. The Labute approximate surface area is 91.1 Å². The minimum atomic E-state index is -0.335. The highest BCUT2D eigenvalue weighted by Gasteiger charge is 2.06. The molecule has 1 unspecified atom stereocenters. The molecule has 1 atom stereocenters. The van der Waals surface area contributed by atoms with E-state index in [1.807, 2.05) is 6.92 Å². The summed E-state index contributed by atoms with van der Waals surface area (Å²) in [5.41, 5.74) is 6.79. The van der Waals surface area contributed by atoms with Crippen molar-refractivity contribution in [2.45, 2.75) is 13.0 Å². The van der Waals surface area contributed by atoms with Gasteiger partial charge in [0.2, 0.25) is 0 Å². The molecule has 0 radical (unpaired) electrons. The van der Waals surface area contributed by atoms with Crippen LogP contribution in [0.3, 0.4) is 0 Å². The Bertz CT molecular complexity index is 352. The van der Waals surface area contributed by atoms with Gasteiger partial charge in [-0.2, -0.15) is 0 Å². The zero-order valence-electron chi connectivity index (χ0n) is 7.85. The van der Waals surface area contributed by atoms with Crippen molar-refractivity contribution in [3.05, 3.63) is 35.1 Å². The molecule has 1 aromatic carbocycles. The number of benzene rings is 1. The van der Waals surface area contributed by atoms with Gasteiger partial charge in [0, 0.05) is 12.1 Å². The van der Waals surface area contributed by atoms with E-state index in [2.05, 4.69) is 27.8 Å². The van der Waals surface area contributed by atoms with Crippen molar-refractivity contribution in [1.82, 2.24) is 0 Å². The van der Waals surface area contributed by atoms with Gasteiger partial charge in [-0.3, -0.25) is 0 Å². The maximum absolute atomic E-state index is 13.1. The molecule has 3 N–H and O–H groups in total. The lowest BCUT2D eigenvalue weighted by atomic mass is 10.2. The summed E-state index contributed by atoms with van der Waals surface area (Å²) in [6.45, 7) is 5.53. The van der Waals surface area contributed by atoms with Crippen LogP contribution >= 0.6 is 15.9 Å². The minimum absolute atomic E-state index is 0.0536. The first kappa shape index (κ1) is 11.0. The summed E-state index contributed by atoms with van der Waals surface area (Å²) < 4.78 is 13.5. The number of nitrogens with one attached hydrogen (secondary N) is 1. The average Bonchev–Trinajstić information content (AvgIpc) is 2.14. The third-order valence-corrected chi connectivity index (χ3v) is 2.44. The first-order valence-corrected chi connectivity index (χ1v) is 4.97. The second-order valence-electron chi connectivity index (χ2n) is 3.02. The van der Waals surface area contributed by atoms with Crippen LogP contribution in [-0.4, -0.2) is 6.04 Å². The maximum atomic E-state index is 13.1. The lowest BCUT2D eigenvalue weighted by molar-refractivity contribution is 0.621. The fourth-order valence-corrected chi connectivity index (χ4v) is 1.35. The van der Waals surface area contributed by atoms with Crippen molar-refractivity contribution in [2.75, 3.05) is 11.1 Å². The molecule has 76 valence electrons. The quantitative estimate of drug-likeness (QED) is 0.646. The predicted molar refractivity (Wildman–Crippen MR) is 61.8 cm³/mol. The van der Waals surface area contributed by atoms with Crippen molar-refractivity contribution in [1.29, 1.82) is 0 Å². The molecule has 0 aromatic heterocycles. The van der Waals surface area contributed by atoms with Gasteiger partial charge in [-0.05, 0) is 28.9 Å². The molecule has 2 nitrogen and oxygen atoms in total. The highest BCUT2D eigenvalue weighted by molar-refractivity contribution is 9.10. The number of rotatable bonds is 3. The Morgan fingerprint density at radius 1 is 1.64 bits per heavy atom. The van der Waals surface area contributed by atoms with Crippen LogP contribution in [0.5, 0.6) is 0 Å². The zero-order chi connectivity index (χ0) is 10.7. The second kappa shape index (κ2) is 4.46. The molecule has 4 heteroatoms. The van der Waals surface area contributed by atoms with Crippen LogP contribution in [0, 0.1) is 5.82 Å². The predicted octanol–water partition coefficient (Wildman–Crippen LogP) is 3.16. The Hall–Kier alpha value is -1.03. The summed E-state index contributed by atoms with van der Waals surface area (Å²) in [6, 6.07) is 2.95. The third kappa shape index (κ3) is 2.48. The topological polar surface area (TPSA) is 38.0 Å². The first-order chi connectivity index (χ1) is 6.54. The van der Waals surface area contributed by atoms with Gasteiger partial charge >= 0.3 is 0 Å². The van der Waals surface area contributed by atoms with E-state index in [1.165, 1.54) is 12.1 Å². The second-order valence-corrected chi connectivity index (χ2v) is 3.88. The molecule has 0 heterocycles. The Morgan fingerprint density at radius 3 is 2.86 bits per heavy atom. The third-order valence-electron chi connectivity index (χ3n) is 1.83. The van der Waals surface area contributed by atoms with E-state index in [-0.39, 0.29) is 11.9 Å². The molecular formula is C10H12BrFN2. The Morgan fingerprint density at radius 2 is 2.29 bits per heavy atom. The molecule has 0 saturated heterocycles. The molecule has 1 aromatic rings. The van der Waals surface area contributed by atoms with Gasteiger partial charge in [-0.1, -0.05) is 6.08 Å². The van der Waals surface area contributed by atoms with Crippen LogP contribution < -0.4 is 11.1 Å². The van der Waals surface area contributed by atoms with Gasteiger partial charge in [0.1, 0.15) is 5.82 Å². The van der Waals surface area contributed by atoms with Crippen LogP contribution in [0.15, 0.2) is 29.3 Å². The van der Waals surface area contributed by atoms with E-state index in [1.54, 1.807) is 6.08 Å². The van der Waals surface area contributed by atoms with Crippen LogP contribution in [-0.2, 0) is 0 Å². The monoisotopic (exact) mass is 258 g/mol. The molecular weight excluding hydrogens is 247 g/mol. The maximum Gasteiger partial charge on any atom is 0.139 e.